The van der Waals surface area contributed by atoms with Gasteiger partial charge in [0.2, 0.25) is 0 Å². The largest absolute Gasteiger partial charge is 0.329 e. The zero-order valence-corrected chi connectivity index (χ0v) is 13.5. The predicted octanol–water partition coefficient (Wildman–Crippen LogP) is 3.53. The molecule has 1 aromatic carbocycles. The average Bonchev–Trinajstić information content (AvgIpc) is 3.12. The summed E-state index contributed by atoms with van der Waals surface area (Å²) < 4.78 is 8.31. The lowest BCUT2D eigenvalue weighted by molar-refractivity contribution is 0.0981. The quantitative estimate of drug-likeness (QED) is 0.689. The molecule has 3 rings (SSSR count). The maximum Gasteiger partial charge on any atom is 0.267 e. The summed E-state index contributed by atoms with van der Waals surface area (Å²) in [5.41, 5.74) is 1.89. The van der Waals surface area contributed by atoms with Crippen LogP contribution in [0.4, 0.5) is 5.69 Å². The van der Waals surface area contributed by atoms with Gasteiger partial charge in [0.05, 0.1) is 27.3 Å². The van der Waals surface area contributed by atoms with Crippen molar-refractivity contribution >= 4 is 74.6 Å². The van der Waals surface area contributed by atoms with Crippen LogP contribution in [0, 0.1) is 0 Å². The zero-order chi connectivity index (χ0) is 14.8. The van der Waals surface area contributed by atoms with Crippen LogP contribution in [0.2, 0.25) is 5.02 Å². The van der Waals surface area contributed by atoms with E-state index in [9.17, 15) is 4.79 Å². The van der Waals surface area contributed by atoms with Crippen molar-refractivity contribution < 1.29 is 4.79 Å². The van der Waals surface area contributed by atoms with E-state index in [1.807, 2.05) is 5.38 Å². The number of hydrogen-bond donors (Lipinski definition) is 2. The van der Waals surface area contributed by atoms with Crippen LogP contribution in [-0.4, -0.2) is 19.8 Å². The van der Waals surface area contributed by atoms with Gasteiger partial charge in [0.15, 0.2) is 5.11 Å². The number of halogens is 1. The van der Waals surface area contributed by atoms with Crippen LogP contribution in [-0.2, 0) is 0 Å². The molecule has 0 saturated heterocycles. The van der Waals surface area contributed by atoms with Gasteiger partial charge in [0, 0.05) is 0 Å². The Morgan fingerprint density at radius 1 is 1.29 bits per heavy atom. The molecule has 0 fully saturated rings. The summed E-state index contributed by atoms with van der Waals surface area (Å²) in [6, 6.07) is 7.01. The molecule has 0 atom stereocenters. The minimum atomic E-state index is -0.262. The average molecular weight is 355 g/mol. The fraction of sp³-hybridized carbons (Fsp3) is 0. The van der Waals surface area contributed by atoms with Crippen LogP contribution >= 0.6 is 46.9 Å². The minimum absolute atomic E-state index is 0.163. The summed E-state index contributed by atoms with van der Waals surface area (Å²) >= 11 is 13.7. The normalized spacial score (nSPS) is 10.5. The number of anilines is 1. The van der Waals surface area contributed by atoms with E-state index in [2.05, 4.69) is 19.4 Å². The van der Waals surface area contributed by atoms with Crippen LogP contribution < -0.4 is 10.6 Å². The lowest BCUT2D eigenvalue weighted by atomic mass is 10.2. The molecule has 5 nitrogen and oxygen atoms in total. The summed E-state index contributed by atoms with van der Waals surface area (Å²) in [5, 5.41) is 7.96. The molecule has 1 amide bonds. The summed E-state index contributed by atoms with van der Waals surface area (Å²) in [7, 11) is 0. The Bertz CT molecular complexity index is 815. The summed E-state index contributed by atoms with van der Waals surface area (Å²) in [6.45, 7) is 0. The van der Waals surface area contributed by atoms with Crippen molar-refractivity contribution in [2.24, 2.45) is 0 Å². The zero-order valence-electron chi connectivity index (χ0n) is 10.3. The van der Waals surface area contributed by atoms with Crippen LogP contribution in [0.15, 0.2) is 29.6 Å². The number of amides is 1. The number of thiocarbonyl (C=S) groups is 1. The van der Waals surface area contributed by atoms with Crippen LogP contribution in [0.25, 0.3) is 11.0 Å². The van der Waals surface area contributed by atoms with E-state index in [1.54, 1.807) is 24.3 Å². The van der Waals surface area contributed by atoms with Gasteiger partial charge < -0.3 is 5.32 Å². The van der Waals surface area contributed by atoms with Gasteiger partial charge in [-0.2, -0.15) is 8.75 Å². The molecule has 3 aromatic rings. The minimum Gasteiger partial charge on any atom is -0.329 e. The highest BCUT2D eigenvalue weighted by atomic mass is 35.5. The number of aromatic nitrogens is 2. The molecule has 21 heavy (non-hydrogen) atoms. The highest BCUT2D eigenvalue weighted by molar-refractivity contribution is 7.80. The van der Waals surface area contributed by atoms with Crippen LogP contribution in [0.5, 0.6) is 0 Å². The van der Waals surface area contributed by atoms with Gasteiger partial charge in [-0.05, 0) is 35.8 Å². The van der Waals surface area contributed by atoms with Gasteiger partial charge in [-0.25, -0.2) is 0 Å². The number of carbonyl (C=O) groups is 1. The van der Waals surface area contributed by atoms with E-state index in [1.165, 1.54) is 11.3 Å². The first-order chi connectivity index (χ1) is 10.1. The second kappa shape index (κ2) is 6.02. The molecule has 2 heterocycles. The van der Waals surface area contributed by atoms with Gasteiger partial charge in [-0.15, -0.1) is 11.3 Å². The molecule has 106 valence electrons. The molecular weight excluding hydrogens is 348 g/mol. The van der Waals surface area contributed by atoms with Crippen molar-refractivity contribution in [1.29, 1.82) is 0 Å². The first kappa shape index (κ1) is 14.3. The molecule has 0 spiro atoms. The Morgan fingerprint density at radius 3 is 2.90 bits per heavy atom. The SMILES string of the molecule is O=C(NC(=S)Nc1c(Cl)ccc2nsnc12)c1cccs1. The number of carbonyl (C=O) groups excluding carboxylic acids is 1. The Hall–Kier alpha value is -1.61. The number of benzene rings is 1. The number of nitrogens with zero attached hydrogens (tertiary/aromatic N) is 2. The third-order valence-corrected chi connectivity index (χ3v) is 4.52. The van der Waals surface area contributed by atoms with Crippen molar-refractivity contribution in [2.45, 2.75) is 0 Å². The summed E-state index contributed by atoms with van der Waals surface area (Å²) in [4.78, 5) is 12.5. The second-order valence-electron chi connectivity index (χ2n) is 3.94. The van der Waals surface area contributed by atoms with Crippen molar-refractivity contribution in [3.63, 3.8) is 0 Å². The molecule has 9 heteroatoms. The van der Waals surface area contributed by atoms with E-state index in [4.69, 9.17) is 23.8 Å². The van der Waals surface area contributed by atoms with Crippen LogP contribution in [0.3, 0.4) is 0 Å². The van der Waals surface area contributed by atoms with E-state index in [0.29, 0.717) is 21.1 Å². The first-order valence-corrected chi connectivity index (χ1v) is 8.11. The molecule has 2 N–H and O–H groups in total. The predicted molar refractivity (Wildman–Crippen MR) is 90.4 cm³/mol. The van der Waals surface area contributed by atoms with Gasteiger partial charge in [0.25, 0.3) is 5.91 Å². The number of thiophene rings is 1. The third-order valence-electron chi connectivity index (χ3n) is 2.59. The Morgan fingerprint density at radius 2 is 2.14 bits per heavy atom. The topological polar surface area (TPSA) is 66.9 Å². The standard InChI is InChI=1S/C12H7ClN4OS3/c13-6-3-4-7-10(17-21-16-7)9(6)14-12(19)15-11(18)8-2-1-5-20-8/h1-5H,(H2,14,15,18,19). The van der Waals surface area contributed by atoms with E-state index in [-0.39, 0.29) is 11.0 Å². The van der Waals surface area contributed by atoms with E-state index >= 15 is 0 Å². The maximum absolute atomic E-state index is 11.9. The number of nitrogens with one attached hydrogen (secondary N) is 2. The smallest absolute Gasteiger partial charge is 0.267 e. The maximum atomic E-state index is 11.9. The molecule has 0 aliphatic heterocycles. The Kier molecular flexibility index (Phi) is 4.11. The molecule has 0 aliphatic rings. The van der Waals surface area contributed by atoms with Crippen molar-refractivity contribution in [3.05, 3.63) is 39.5 Å². The fourth-order valence-electron chi connectivity index (χ4n) is 1.66. The molecule has 2 aromatic heterocycles. The number of fused-ring (bicyclic) bond motifs is 1. The highest BCUT2D eigenvalue weighted by Gasteiger charge is 2.13. The highest BCUT2D eigenvalue weighted by Crippen LogP contribution is 2.29. The monoisotopic (exact) mass is 354 g/mol. The fourth-order valence-corrected chi connectivity index (χ4v) is 3.22. The molecule has 0 radical (unpaired) electrons. The van der Waals surface area contributed by atoms with Crippen molar-refractivity contribution in [2.75, 3.05) is 5.32 Å². The molecule has 0 saturated carbocycles. The van der Waals surface area contributed by atoms with Gasteiger partial charge >= 0.3 is 0 Å². The van der Waals surface area contributed by atoms with Crippen molar-refractivity contribution in [3.8, 4) is 0 Å². The van der Waals surface area contributed by atoms with Gasteiger partial charge in [-0.1, -0.05) is 17.7 Å². The lowest BCUT2D eigenvalue weighted by Gasteiger charge is -2.10. The summed E-state index contributed by atoms with van der Waals surface area (Å²) in [5.74, 6) is -0.262. The molecule has 0 unspecified atom stereocenters. The summed E-state index contributed by atoms with van der Waals surface area (Å²) in [6.07, 6.45) is 0. The molecular formula is C12H7ClN4OS3. The van der Waals surface area contributed by atoms with Gasteiger partial charge in [-0.3, -0.25) is 10.1 Å². The second-order valence-corrected chi connectivity index (χ2v) is 6.23. The van der Waals surface area contributed by atoms with Crippen molar-refractivity contribution in [1.82, 2.24) is 14.1 Å². The molecule has 0 bridgehead atoms. The lowest BCUT2D eigenvalue weighted by Crippen LogP contribution is -2.33. The first-order valence-electron chi connectivity index (χ1n) is 5.72. The van der Waals surface area contributed by atoms with Crippen LogP contribution in [0.1, 0.15) is 9.67 Å². The van der Waals surface area contributed by atoms with Gasteiger partial charge in [0.1, 0.15) is 11.0 Å². The van der Waals surface area contributed by atoms with E-state index < -0.39 is 0 Å². The van der Waals surface area contributed by atoms with E-state index in [0.717, 1.165) is 17.2 Å². The number of rotatable bonds is 2. The Balaban J connectivity index is 1.79. The third kappa shape index (κ3) is 3.03. The number of hydrogen-bond acceptors (Lipinski definition) is 6. The Labute approximate surface area is 138 Å². The molecule has 0 aliphatic carbocycles.